The van der Waals surface area contributed by atoms with E-state index < -0.39 is 0 Å². The van der Waals surface area contributed by atoms with Crippen molar-refractivity contribution in [1.29, 1.82) is 0 Å². The average molecular weight is 383 g/mol. The molecule has 0 saturated heterocycles. The van der Waals surface area contributed by atoms with E-state index in [1.807, 2.05) is 0 Å². The second kappa shape index (κ2) is 6.48. The zero-order chi connectivity index (χ0) is 19.5. The Morgan fingerprint density at radius 2 is 1.85 bits per heavy atom. The second-order valence-electron chi connectivity index (χ2n) is 8.88. The minimum absolute atomic E-state index is 0.299. The molecule has 1 heterocycles. The standard InChI is InChI=1S/C24H30O2S/c1-6-15-10-14(11-16(7-2)22(15)26)8-9-19(25)23-17-12-18-21(24(18,4)5)20(17)13(3)27-23/h10-11,18,21,26H,6-9,12H2,1-5H3/t18-,21-/m1/s1. The molecule has 2 nitrogen and oxygen atoms in total. The highest BCUT2D eigenvalue weighted by molar-refractivity contribution is 7.14. The van der Waals surface area contributed by atoms with Gasteiger partial charge in [0.05, 0.1) is 4.88 Å². The predicted molar refractivity (Wildman–Crippen MR) is 112 cm³/mol. The molecule has 2 aliphatic rings. The van der Waals surface area contributed by atoms with Crippen LogP contribution in [0.25, 0.3) is 0 Å². The molecular formula is C24H30O2S. The Morgan fingerprint density at radius 1 is 1.22 bits per heavy atom. The van der Waals surface area contributed by atoms with Gasteiger partial charge in [-0.15, -0.1) is 11.3 Å². The SMILES string of the molecule is CCc1cc(CCC(=O)c2sc(C)c3c2C[C@@H]2[C@H]3C2(C)C)cc(CC)c1O. The molecule has 2 atom stereocenters. The van der Waals surface area contributed by atoms with Crippen LogP contribution >= 0.6 is 11.3 Å². The number of rotatable bonds is 6. The molecule has 0 aliphatic heterocycles. The fourth-order valence-corrected chi connectivity index (χ4v) is 6.44. The Balaban J connectivity index is 1.52. The fraction of sp³-hybridized carbons (Fsp3) is 0.542. The molecule has 0 bridgehead atoms. The summed E-state index contributed by atoms with van der Waals surface area (Å²) in [5.41, 5.74) is 6.46. The molecule has 4 rings (SSSR count). The molecule has 1 aromatic heterocycles. The molecule has 1 aromatic carbocycles. The van der Waals surface area contributed by atoms with Crippen molar-refractivity contribution in [1.82, 2.24) is 0 Å². The maximum atomic E-state index is 13.0. The van der Waals surface area contributed by atoms with Crippen molar-refractivity contribution < 1.29 is 9.90 Å². The molecule has 1 N–H and O–H groups in total. The van der Waals surface area contributed by atoms with Crippen LogP contribution in [0.4, 0.5) is 0 Å². The van der Waals surface area contributed by atoms with Gasteiger partial charge in [-0.2, -0.15) is 0 Å². The summed E-state index contributed by atoms with van der Waals surface area (Å²) in [5, 5.41) is 10.3. The van der Waals surface area contributed by atoms with E-state index in [2.05, 4.69) is 46.8 Å². The minimum Gasteiger partial charge on any atom is -0.507 e. The first kappa shape index (κ1) is 18.7. The van der Waals surface area contributed by atoms with Gasteiger partial charge in [0, 0.05) is 11.3 Å². The summed E-state index contributed by atoms with van der Waals surface area (Å²) in [4.78, 5) is 15.4. The Hall–Kier alpha value is -1.61. The molecule has 3 heteroatoms. The fourth-order valence-electron chi connectivity index (χ4n) is 5.24. The predicted octanol–water partition coefficient (Wildman–Crippen LogP) is 6.00. The number of carbonyl (C=O) groups is 1. The first-order valence-electron chi connectivity index (χ1n) is 10.3. The normalized spacial score (nSPS) is 21.8. The number of carbonyl (C=O) groups excluding carboxylic acids is 1. The van der Waals surface area contributed by atoms with E-state index in [0.29, 0.717) is 29.3 Å². The summed E-state index contributed by atoms with van der Waals surface area (Å²) in [5.74, 6) is 2.16. The maximum absolute atomic E-state index is 13.0. The van der Waals surface area contributed by atoms with E-state index in [4.69, 9.17) is 0 Å². The molecule has 1 saturated carbocycles. The number of aryl methyl sites for hydroxylation is 4. The van der Waals surface area contributed by atoms with Crippen LogP contribution in [0, 0.1) is 18.3 Å². The van der Waals surface area contributed by atoms with Crippen LogP contribution in [0.1, 0.15) is 82.4 Å². The van der Waals surface area contributed by atoms with Crippen molar-refractivity contribution in [2.75, 3.05) is 0 Å². The number of aromatic hydroxyl groups is 1. The molecule has 0 amide bonds. The van der Waals surface area contributed by atoms with Crippen LogP contribution in [0.5, 0.6) is 5.75 Å². The zero-order valence-electron chi connectivity index (χ0n) is 17.1. The summed E-state index contributed by atoms with van der Waals surface area (Å²) < 4.78 is 0. The molecule has 27 heavy (non-hydrogen) atoms. The van der Waals surface area contributed by atoms with E-state index >= 15 is 0 Å². The molecule has 2 aliphatic carbocycles. The summed E-state index contributed by atoms with van der Waals surface area (Å²) >= 11 is 1.72. The monoisotopic (exact) mass is 382 g/mol. The Morgan fingerprint density at radius 3 is 2.44 bits per heavy atom. The number of fused-ring (bicyclic) bond motifs is 3. The van der Waals surface area contributed by atoms with E-state index in [0.717, 1.165) is 47.6 Å². The zero-order valence-corrected chi connectivity index (χ0v) is 17.9. The molecule has 144 valence electrons. The number of Topliss-reactive ketones (excluding diaryl/α,β-unsaturated/α-hetero) is 1. The van der Waals surface area contributed by atoms with Crippen LogP contribution in [0.3, 0.4) is 0 Å². The summed E-state index contributed by atoms with van der Waals surface area (Å²) in [6, 6.07) is 4.15. The number of phenols is 1. The third kappa shape index (κ3) is 2.86. The smallest absolute Gasteiger partial charge is 0.173 e. The third-order valence-electron chi connectivity index (χ3n) is 7.00. The van der Waals surface area contributed by atoms with Crippen LogP contribution in [0.2, 0.25) is 0 Å². The van der Waals surface area contributed by atoms with E-state index in [1.54, 1.807) is 11.3 Å². The van der Waals surface area contributed by atoms with Crippen LogP contribution in [-0.4, -0.2) is 10.9 Å². The van der Waals surface area contributed by atoms with Crippen LogP contribution in [0.15, 0.2) is 12.1 Å². The van der Waals surface area contributed by atoms with Gasteiger partial charge < -0.3 is 5.11 Å². The summed E-state index contributed by atoms with van der Waals surface area (Å²) in [6.45, 7) is 11.1. The van der Waals surface area contributed by atoms with Crippen molar-refractivity contribution in [3.8, 4) is 5.75 Å². The number of benzene rings is 1. The highest BCUT2D eigenvalue weighted by Gasteiger charge is 2.63. The number of phenolic OH excluding ortho intramolecular Hbond substituents is 1. The summed E-state index contributed by atoms with van der Waals surface area (Å²) in [7, 11) is 0. The van der Waals surface area contributed by atoms with Gasteiger partial charge in [0.25, 0.3) is 0 Å². The van der Waals surface area contributed by atoms with E-state index in [1.165, 1.54) is 21.6 Å². The third-order valence-corrected chi connectivity index (χ3v) is 8.21. The quantitative estimate of drug-likeness (QED) is 0.622. The first-order valence-corrected chi connectivity index (χ1v) is 11.1. The largest absolute Gasteiger partial charge is 0.507 e. The van der Waals surface area contributed by atoms with Crippen LogP contribution in [-0.2, 0) is 25.7 Å². The number of hydrogen-bond donors (Lipinski definition) is 1. The Bertz CT molecular complexity index is 894. The molecule has 0 unspecified atom stereocenters. The maximum Gasteiger partial charge on any atom is 0.173 e. The van der Waals surface area contributed by atoms with Gasteiger partial charge in [-0.05, 0) is 77.7 Å². The van der Waals surface area contributed by atoms with Gasteiger partial charge in [0.15, 0.2) is 5.78 Å². The molecule has 2 aromatic rings. The molecule has 0 spiro atoms. The lowest BCUT2D eigenvalue weighted by Gasteiger charge is -2.12. The molecular weight excluding hydrogens is 352 g/mol. The number of ketones is 1. The minimum atomic E-state index is 0.299. The topological polar surface area (TPSA) is 37.3 Å². The highest BCUT2D eigenvalue weighted by atomic mass is 32.1. The lowest BCUT2D eigenvalue weighted by Crippen LogP contribution is -2.06. The van der Waals surface area contributed by atoms with Crippen molar-refractivity contribution in [3.63, 3.8) is 0 Å². The second-order valence-corrected chi connectivity index (χ2v) is 10.1. The van der Waals surface area contributed by atoms with Gasteiger partial charge >= 0.3 is 0 Å². The van der Waals surface area contributed by atoms with Crippen molar-refractivity contribution in [3.05, 3.63) is 49.7 Å². The van der Waals surface area contributed by atoms with Crippen LogP contribution < -0.4 is 0 Å². The van der Waals surface area contributed by atoms with E-state index in [-0.39, 0.29) is 0 Å². The Kier molecular flexibility index (Phi) is 4.50. The Labute approximate surface area is 166 Å². The van der Waals surface area contributed by atoms with Gasteiger partial charge in [-0.3, -0.25) is 4.79 Å². The molecule has 1 fully saturated rings. The van der Waals surface area contributed by atoms with Crippen molar-refractivity contribution >= 4 is 17.1 Å². The lowest BCUT2D eigenvalue weighted by molar-refractivity contribution is 0.0986. The van der Waals surface area contributed by atoms with Crippen molar-refractivity contribution in [2.24, 2.45) is 11.3 Å². The van der Waals surface area contributed by atoms with Gasteiger partial charge in [-0.25, -0.2) is 0 Å². The lowest BCUT2D eigenvalue weighted by atomic mass is 9.93. The van der Waals surface area contributed by atoms with Crippen molar-refractivity contribution in [2.45, 2.75) is 72.6 Å². The average Bonchev–Trinajstić information content (AvgIpc) is 2.97. The summed E-state index contributed by atoms with van der Waals surface area (Å²) in [6.07, 6.45) is 4.04. The van der Waals surface area contributed by atoms with Gasteiger partial charge in [-0.1, -0.05) is 39.8 Å². The van der Waals surface area contributed by atoms with Gasteiger partial charge in [0.2, 0.25) is 0 Å². The van der Waals surface area contributed by atoms with E-state index in [9.17, 15) is 9.90 Å². The highest BCUT2D eigenvalue weighted by Crippen LogP contribution is 2.71. The number of hydrogen-bond acceptors (Lipinski definition) is 3. The number of thiophene rings is 1. The molecule has 0 radical (unpaired) electrons. The first-order chi connectivity index (χ1) is 12.8. The van der Waals surface area contributed by atoms with Gasteiger partial charge in [0.1, 0.15) is 5.75 Å².